The standard InChI is InChI=1S/C16H28N4O2/c1-18-9-3-4-13(19-2)11-20-16(22)15(17)10-12-5-7-14(21)8-6-12/h5-8,13,15,18-19,21H,3-4,9-11,17H2,1-2H3,(H,20,22)/t13-,15-/m0/s1. The Balaban J connectivity index is 2.35. The van der Waals surface area contributed by atoms with E-state index in [1.165, 1.54) is 0 Å². The van der Waals surface area contributed by atoms with Crippen molar-refractivity contribution in [3.63, 3.8) is 0 Å². The van der Waals surface area contributed by atoms with Crippen molar-refractivity contribution in [2.75, 3.05) is 27.2 Å². The number of hydrogen-bond acceptors (Lipinski definition) is 5. The summed E-state index contributed by atoms with van der Waals surface area (Å²) in [6.45, 7) is 1.54. The van der Waals surface area contributed by atoms with Crippen molar-refractivity contribution in [2.24, 2.45) is 5.73 Å². The van der Waals surface area contributed by atoms with Crippen molar-refractivity contribution in [3.8, 4) is 5.75 Å². The van der Waals surface area contributed by atoms with E-state index in [1.54, 1.807) is 24.3 Å². The first-order chi connectivity index (χ1) is 10.6. The molecule has 0 radical (unpaired) electrons. The number of carbonyl (C=O) groups excluding carboxylic acids is 1. The van der Waals surface area contributed by atoms with E-state index in [-0.39, 0.29) is 17.7 Å². The van der Waals surface area contributed by atoms with E-state index in [2.05, 4.69) is 16.0 Å². The number of hydrogen-bond donors (Lipinski definition) is 5. The lowest BCUT2D eigenvalue weighted by Gasteiger charge is -2.19. The second-order valence-corrected chi connectivity index (χ2v) is 5.45. The second-order valence-electron chi connectivity index (χ2n) is 5.45. The van der Waals surface area contributed by atoms with E-state index in [0.29, 0.717) is 13.0 Å². The molecule has 0 saturated heterocycles. The summed E-state index contributed by atoms with van der Waals surface area (Å²) < 4.78 is 0. The predicted octanol–water partition coefficient (Wildman–Crippen LogP) is -0.0342. The van der Waals surface area contributed by atoms with Gasteiger partial charge in [0.25, 0.3) is 0 Å². The summed E-state index contributed by atoms with van der Waals surface area (Å²) in [6.07, 6.45) is 2.50. The molecule has 1 rings (SSSR count). The van der Waals surface area contributed by atoms with Gasteiger partial charge in [0.1, 0.15) is 5.75 Å². The third-order valence-corrected chi connectivity index (χ3v) is 3.64. The number of phenolic OH excluding ortho intramolecular Hbond substituents is 1. The molecule has 0 aliphatic heterocycles. The van der Waals surface area contributed by atoms with E-state index in [1.807, 2.05) is 14.1 Å². The normalized spacial score (nSPS) is 13.6. The molecular weight excluding hydrogens is 280 g/mol. The highest BCUT2D eigenvalue weighted by atomic mass is 16.3. The van der Waals surface area contributed by atoms with Gasteiger partial charge in [0.15, 0.2) is 0 Å². The zero-order chi connectivity index (χ0) is 16.4. The molecule has 22 heavy (non-hydrogen) atoms. The molecule has 2 atom stereocenters. The summed E-state index contributed by atoms with van der Waals surface area (Å²) in [4.78, 5) is 12.0. The Hall–Kier alpha value is -1.63. The summed E-state index contributed by atoms with van der Waals surface area (Å²) >= 11 is 0. The smallest absolute Gasteiger partial charge is 0.237 e. The first kappa shape index (κ1) is 18.4. The van der Waals surface area contributed by atoms with Crippen molar-refractivity contribution in [3.05, 3.63) is 29.8 Å². The number of amides is 1. The highest BCUT2D eigenvalue weighted by Gasteiger charge is 2.15. The number of carbonyl (C=O) groups is 1. The third-order valence-electron chi connectivity index (χ3n) is 3.64. The van der Waals surface area contributed by atoms with E-state index >= 15 is 0 Å². The minimum absolute atomic E-state index is 0.151. The first-order valence-electron chi connectivity index (χ1n) is 7.70. The summed E-state index contributed by atoms with van der Waals surface area (Å²) in [5.41, 5.74) is 6.86. The van der Waals surface area contributed by atoms with Gasteiger partial charge in [-0.1, -0.05) is 12.1 Å². The number of likely N-dealkylation sites (N-methyl/N-ethyl adjacent to an activating group) is 1. The Labute approximate surface area is 132 Å². The van der Waals surface area contributed by atoms with Gasteiger partial charge in [-0.25, -0.2) is 0 Å². The van der Waals surface area contributed by atoms with Crippen LogP contribution in [0.4, 0.5) is 0 Å². The van der Waals surface area contributed by atoms with Gasteiger partial charge in [-0.3, -0.25) is 4.79 Å². The van der Waals surface area contributed by atoms with E-state index in [9.17, 15) is 9.90 Å². The van der Waals surface area contributed by atoms with Crippen molar-refractivity contribution >= 4 is 5.91 Å². The zero-order valence-corrected chi connectivity index (χ0v) is 13.4. The molecule has 0 spiro atoms. The monoisotopic (exact) mass is 308 g/mol. The lowest BCUT2D eigenvalue weighted by Crippen LogP contribution is -2.47. The molecule has 0 aliphatic rings. The van der Waals surface area contributed by atoms with Crippen LogP contribution in [0.3, 0.4) is 0 Å². The molecule has 6 N–H and O–H groups in total. The number of rotatable bonds is 10. The van der Waals surface area contributed by atoms with E-state index in [4.69, 9.17) is 5.73 Å². The average Bonchev–Trinajstić information content (AvgIpc) is 2.52. The molecule has 6 nitrogen and oxygen atoms in total. The van der Waals surface area contributed by atoms with Crippen LogP contribution >= 0.6 is 0 Å². The van der Waals surface area contributed by atoms with Gasteiger partial charge in [0.05, 0.1) is 6.04 Å². The van der Waals surface area contributed by atoms with Crippen LogP contribution in [0.15, 0.2) is 24.3 Å². The van der Waals surface area contributed by atoms with Gasteiger partial charge < -0.3 is 26.8 Å². The summed E-state index contributed by atoms with van der Waals surface area (Å²) in [5.74, 6) is 0.0575. The maximum atomic E-state index is 12.0. The van der Waals surface area contributed by atoms with Crippen LogP contribution in [0.5, 0.6) is 5.75 Å². The summed E-state index contributed by atoms with van der Waals surface area (Å²) in [6, 6.07) is 6.41. The number of benzene rings is 1. The fourth-order valence-corrected chi connectivity index (χ4v) is 2.21. The zero-order valence-electron chi connectivity index (χ0n) is 13.4. The van der Waals surface area contributed by atoms with Gasteiger partial charge >= 0.3 is 0 Å². The lowest BCUT2D eigenvalue weighted by atomic mass is 10.1. The van der Waals surface area contributed by atoms with Crippen LogP contribution in [0.2, 0.25) is 0 Å². The Morgan fingerprint density at radius 1 is 1.27 bits per heavy atom. The number of aromatic hydroxyl groups is 1. The second kappa shape index (κ2) is 10.2. The average molecular weight is 308 g/mol. The topological polar surface area (TPSA) is 99.4 Å². The van der Waals surface area contributed by atoms with Crippen LogP contribution < -0.4 is 21.7 Å². The largest absolute Gasteiger partial charge is 0.508 e. The molecule has 124 valence electrons. The molecule has 0 aromatic heterocycles. The van der Waals surface area contributed by atoms with Crippen molar-refractivity contribution in [1.29, 1.82) is 0 Å². The van der Waals surface area contributed by atoms with Crippen LogP contribution in [0.1, 0.15) is 18.4 Å². The molecule has 6 heteroatoms. The molecule has 1 aromatic rings. The van der Waals surface area contributed by atoms with Crippen molar-refractivity contribution in [1.82, 2.24) is 16.0 Å². The highest BCUT2D eigenvalue weighted by Crippen LogP contribution is 2.10. The maximum Gasteiger partial charge on any atom is 0.237 e. The molecule has 0 bridgehead atoms. The Morgan fingerprint density at radius 3 is 2.55 bits per heavy atom. The minimum Gasteiger partial charge on any atom is -0.508 e. The Bertz CT molecular complexity index is 436. The fraction of sp³-hybridized carbons (Fsp3) is 0.562. The van der Waals surface area contributed by atoms with Crippen molar-refractivity contribution in [2.45, 2.75) is 31.3 Å². The van der Waals surface area contributed by atoms with Gasteiger partial charge in [0.2, 0.25) is 5.91 Å². The fourth-order valence-electron chi connectivity index (χ4n) is 2.21. The predicted molar refractivity (Wildman–Crippen MR) is 88.8 cm³/mol. The van der Waals surface area contributed by atoms with E-state index in [0.717, 1.165) is 24.9 Å². The third kappa shape index (κ3) is 6.89. The minimum atomic E-state index is -0.584. The highest BCUT2D eigenvalue weighted by molar-refractivity contribution is 5.81. The number of phenols is 1. The van der Waals surface area contributed by atoms with Gasteiger partial charge in [-0.05, 0) is 57.6 Å². The molecule has 1 amide bonds. The van der Waals surface area contributed by atoms with Gasteiger partial charge in [-0.15, -0.1) is 0 Å². The molecule has 0 aliphatic carbocycles. The van der Waals surface area contributed by atoms with Crippen LogP contribution in [-0.2, 0) is 11.2 Å². The Kier molecular flexibility index (Phi) is 8.50. The lowest BCUT2D eigenvalue weighted by molar-refractivity contribution is -0.122. The molecular formula is C16H28N4O2. The summed E-state index contributed by atoms with van der Waals surface area (Å²) in [7, 11) is 3.82. The van der Waals surface area contributed by atoms with Crippen LogP contribution in [0.25, 0.3) is 0 Å². The molecule has 0 heterocycles. The quantitative estimate of drug-likeness (QED) is 0.391. The SMILES string of the molecule is CNCCC[C@@H](CNC(=O)[C@@H](N)Cc1ccc(O)cc1)NC. The molecule has 1 aromatic carbocycles. The molecule has 0 unspecified atom stereocenters. The van der Waals surface area contributed by atoms with Crippen molar-refractivity contribution < 1.29 is 9.90 Å². The molecule has 0 saturated carbocycles. The van der Waals surface area contributed by atoms with Gasteiger partial charge in [-0.2, -0.15) is 0 Å². The van der Waals surface area contributed by atoms with E-state index < -0.39 is 6.04 Å². The first-order valence-corrected chi connectivity index (χ1v) is 7.70. The van der Waals surface area contributed by atoms with Crippen LogP contribution in [0, 0.1) is 0 Å². The Morgan fingerprint density at radius 2 is 1.95 bits per heavy atom. The number of nitrogens with one attached hydrogen (secondary N) is 3. The molecule has 0 fully saturated rings. The summed E-state index contributed by atoms with van der Waals surface area (Å²) in [5, 5.41) is 18.4. The number of nitrogens with two attached hydrogens (primary N) is 1. The van der Waals surface area contributed by atoms with Gasteiger partial charge in [0, 0.05) is 12.6 Å². The maximum absolute atomic E-state index is 12.0. The van der Waals surface area contributed by atoms with Crippen LogP contribution in [-0.4, -0.2) is 50.3 Å².